The third-order valence-electron chi connectivity index (χ3n) is 4.14. The van der Waals surface area contributed by atoms with Gasteiger partial charge in [0.05, 0.1) is 7.11 Å². The average molecular weight is 341 g/mol. The van der Waals surface area contributed by atoms with E-state index in [1.165, 1.54) is 0 Å². The predicted molar refractivity (Wildman–Crippen MR) is 100 cm³/mol. The van der Waals surface area contributed by atoms with E-state index in [0.29, 0.717) is 6.54 Å². The number of amides is 1. The highest BCUT2D eigenvalue weighted by Crippen LogP contribution is 2.20. The van der Waals surface area contributed by atoms with Crippen molar-refractivity contribution in [3.8, 4) is 11.5 Å². The van der Waals surface area contributed by atoms with E-state index in [2.05, 4.69) is 12.2 Å². The van der Waals surface area contributed by atoms with Gasteiger partial charge >= 0.3 is 0 Å². The summed E-state index contributed by atoms with van der Waals surface area (Å²) in [6.07, 6.45) is 2.07. The molecule has 2 rings (SSSR count). The van der Waals surface area contributed by atoms with Gasteiger partial charge in [-0.2, -0.15) is 0 Å². The minimum Gasteiger partial charge on any atom is -0.496 e. The van der Waals surface area contributed by atoms with Gasteiger partial charge in [-0.05, 0) is 49.4 Å². The van der Waals surface area contributed by atoms with Crippen LogP contribution in [0.5, 0.6) is 11.5 Å². The Morgan fingerprint density at radius 1 is 1.04 bits per heavy atom. The lowest BCUT2D eigenvalue weighted by Gasteiger charge is -2.17. The highest BCUT2D eigenvalue weighted by Gasteiger charge is 2.15. The van der Waals surface area contributed by atoms with Gasteiger partial charge in [0.1, 0.15) is 11.5 Å². The van der Waals surface area contributed by atoms with E-state index in [9.17, 15) is 4.79 Å². The van der Waals surface area contributed by atoms with E-state index in [0.717, 1.165) is 41.9 Å². The number of hydrogen-bond donors (Lipinski definition) is 1. The molecule has 4 nitrogen and oxygen atoms in total. The Morgan fingerprint density at radius 2 is 1.68 bits per heavy atom. The molecule has 1 unspecified atom stereocenters. The second-order valence-corrected chi connectivity index (χ2v) is 5.93. The molecule has 0 fully saturated rings. The number of aryl methyl sites for hydroxylation is 2. The highest BCUT2D eigenvalue weighted by molar-refractivity contribution is 5.80. The van der Waals surface area contributed by atoms with Crippen LogP contribution in [-0.2, 0) is 17.6 Å². The lowest BCUT2D eigenvalue weighted by atomic mass is 10.1. The van der Waals surface area contributed by atoms with Gasteiger partial charge in [-0.25, -0.2) is 0 Å². The molecule has 134 valence electrons. The van der Waals surface area contributed by atoms with Gasteiger partial charge in [-0.3, -0.25) is 4.79 Å². The number of carbonyl (C=O) groups excluding carboxylic acids is 1. The summed E-state index contributed by atoms with van der Waals surface area (Å²) in [6.45, 7) is 4.47. The maximum Gasteiger partial charge on any atom is 0.260 e. The van der Waals surface area contributed by atoms with Crippen LogP contribution in [0.3, 0.4) is 0 Å². The Hall–Kier alpha value is -2.49. The van der Waals surface area contributed by atoms with Crippen molar-refractivity contribution in [3.05, 3.63) is 59.7 Å². The van der Waals surface area contributed by atoms with Crippen LogP contribution in [0.15, 0.2) is 48.5 Å². The number of ether oxygens (including phenoxy) is 2. The van der Waals surface area contributed by atoms with Gasteiger partial charge in [-0.1, -0.05) is 43.3 Å². The molecule has 2 aromatic rings. The van der Waals surface area contributed by atoms with Crippen molar-refractivity contribution in [3.63, 3.8) is 0 Å². The smallest absolute Gasteiger partial charge is 0.260 e. The van der Waals surface area contributed by atoms with Crippen molar-refractivity contribution in [2.75, 3.05) is 13.7 Å². The molecule has 0 bridgehead atoms. The highest BCUT2D eigenvalue weighted by atomic mass is 16.5. The van der Waals surface area contributed by atoms with E-state index < -0.39 is 6.10 Å². The maximum atomic E-state index is 12.2. The molecule has 1 amide bonds. The normalized spacial score (nSPS) is 11.6. The van der Waals surface area contributed by atoms with Crippen molar-refractivity contribution in [1.82, 2.24) is 5.32 Å². The lowest BCUT2D eigenvalue weighted by Crippen LogP contribution is -2.37. The second-order valence-electron chi connectivity index (χ2n) is 5.93. The van der Waals surface area contributed by atoms with E-state index in [-0.39, 0.29) is 5.91 Å². The van der Waals surface area contributed by atoms with Gasteiger partial charge in [0.2, 0.25) is 0 Å². The number of hydrogen-bond acceptors (Lipinski definition) is 3. The van der Waals surface area contributed by atoms with Gasteiger partial charge in [0, 0.05) is 6.54 Å². The second kappa shape index (κ2) is 9.72. The third-order valence-corrected chi connectivity index (χ3v) is 4.14. The van der Waals surface area contributed by atoms with E-state index in [1.807, 2.05) is 48.5 Å². The fourth-order valence-electron chi connectivity index (χ4n) is 2.70. The Kier molecular flexibility index (Phi) is 7.33. The molecular weight excluding hydrogens is 314 g/mol. The fraction of sp³-hybridized carbons (Fsp3) is 0.381. The standard InChI is InChI=1S/C21H27NO3/c1-4-17-10-5-8-14-20(17)25-16(2)21(23)22-15-9-12-18-11-6-7-13-19(18)24-3/h5-8,10-11,13-14,16H,4,9,12,15H2,1-3H3,(H,22,23). The summed E-state index contributed by atoms with van der Waals surface area (Å²) in [4.78, 5) is 12.2. The van der Waals surface area contributed by atoms with Gasteiger partial charge < -0.3 is 14.8 Å². The molecule has 1 atom stereocenters. The lowest BCUT2D eigenvalue weighted by molar-refractivity contribution is -0.127. The summed E-state index contributed by atoms with van der Waals surface area (Å²) in [6, 6.07) is 15.8. The van der Waals surface area contributed by atoms with Crippen LogP contribution in [0.1, 0.15) is 31.4 Å². The van der Waals surface area contributed by atoms with E-state index in [1.54, 1.807) is 14.0 Å². The van der Waals surface area contributed by atoms with Crippen LogP contribution < -0.4 is 14.8 Å². The number of rotatable bonds is 9. The van der Waals surface area contributed by atoms with Crippen LogP contribution in [0.25, 0.3) is 0 Å². The van der Waals surface area contributed by atoms with E-state index in [4.69, 9.17) is 9.47 Å². The average Bonchev–Trinajstić information content (AvgIpc) is 2.65. The zero-order valence-electron chi connectivity index (χ0n) is 15.2. The summed E-state index contributed by atoms with van der Waals surface area (Å²) >= 11 is 0. The maximum absolute atomic E-state index is 12.2. The molecule has 25 heavy (non-hydrogen) atoms. The van der Waals surface area contributed by atoms with Crippen molar-refractivity contribution < 1.29 is 14.3 Å². The molecule has 1 N–H and O–H groups in total. The van der Waals surface area contributed by atoms with Crippen molar-refractivity contribution in [2.24, 2.45) is 0 Å². The first kappa shape index (κ1) is 18.8. The number of nitrogens with one attached hydrogen (secondary N) is 1. The molecule has 0 saturated carbocycles. The molecule has 0 saturated heterocycles. The Balaban J connectivity index is 1.78. The summed E-state index contributed by atoms with van der Waals surface area (Å²) in [5.41, 5.74) is 2.26. The van der Waals surface area contributed by atoms with Gasteiger partial charge in [-0.15, -0.1) is 0 Å². The monoisotopic (exact) mass is 341 g/mol. The number of carbonyl (C=O) groups is 1. The fourth-order valence-corrected chi connectivity index (χ4v) is 2.70. The molecule has 0 aliphatic heterocycles. The van der Waals surface area contributed by atoms with Crippen LogP contribution in [0, 0.1) is 0 Å². The predicted octanol–water partition coefficient (Wildman–Crippen LogP) is 3.77. The van der Waals surface area contributed by atoms with Gasteiger partial charge in [0.25, 0.3) is 5.91 Å². The minimum absolute atomic E-state index is 0.0917. The third kappa shape index (κ3) is 5.52. The molecule has 2 aromatic carbocycles. The zero-order valence-corrected chi connectivity index (χ0v) is 15.2. The minimum atomic E-state index is -0.515. The molecule has 0 aliphatic carbocycles. The van der Waals surface area contributed by atoms with Crippen molar-refractivity contribution in [1.29, 1.82) is 0 Å². The van der Waals surface area contributed by atoms with Crippen molar-refractivity contribution >= 4 is 5.91 Å². The summed E-state index contributed by atoms with van der Waals surface area (Å²) in [7, 11) is 1.67. The van der Waals surface area contributed by atoms with E-state index >= 15 is 0 Å². The van der Waals surface area contributed by atoms with Crippen LogP contribution >= 0.6 is 0 Å². The Labute approximate surface area is 150 Å². The molecule has 0 heterocycles. The quantitative estimate of drug-likeness (QED) is 0.706. The Bertz CT molecular complexity index is 684. The largest absolute Gasteiger partial charge is 0.496 e. The zero-order chi connectivity index (χ0) is 18.1. The molecular formula is C21H27NO3. The van der Waals surface area contributed by atoms with Gasteiger partial charge in [0.15, 0.2) is 6.10 Å². The van der Waals surface area contributed by atoms with Crippen molar-refractivity contribution in [2.45, 2.75) is 39.2 Å². The molecule has 0 radical (unpaired) electrons. The molecule has 0 aliphatic rings. The summed E-state index contributed by atoms with van der Waals surface area (Å²) < 4.78 is 11.2. The molecule has 0 spiro atoms. The first-order chi connectivity index (χ1) is 12.2. The topological polar surface area (TPSA) is 47.6 Å². The Morgan fingerprint density at radius 3 is 2.36 bits per heavy atom. The first-order valence-corrected chi connectivity index (χ1v) is 8.79. The summed E-state index contributed by atoms with van der Waals surface area (Å²) in [5.74, 6) is 1.58. The first-order valence-electron chi connectivity index (χ1n) is 8.79. The molecule has 0 aromatic heterocycles. The van der Waals surface area contributed by atoms with Crippen LogP contribution in [0.2, 0.25) is 0 Å². The molecule has 4 heteroatoms. The number of para-hydroxylation sites is 2. The number of methoxy groups -OCH3 is 1. The number of benzene rings is 2. The van der Waals surface area contributed by atoms with Crippen LogP contribution in [-0.4, -0.2) is 25.7 Å². The SMILES string of the molecule is CCc1ccccc1OC(C)C(=O)NCCCc1ccccc1OC. The summed E-state index contributed by atoms with van der Waals surface area (Å²) in [5, 5.41) is 2.94. The van der Waals surface area contributed by atoms with Crippen LogP contribution in [0.4, 0.5) is 0 Å².